The Labute approximate surface area is 163 Å². The molecule has 3 rings (SSSR count). The fourth-order valence-electron chi connectivity index (χ4n) is 3.08. The highest BCUT2D eigenvalue weighted by atomic mass is 32.2. The van der Waals surface area contributed by atoms with E-state index in [2.05, 4.69) is 20.1 Å². The number of hydrogen-bond acceptors (Lipinski definition) is 6. The van der Waals surface area contributed by atoms with Crippen molar-refractivity contribution in [2.45, 2.75) is 56.1 Å². The lowest BCUT2D eigenvalue weighted by Gasteiger charge is -2.14. The first-order chi connectivity index (χ1) is 13.1. The Kier molecular flexibility index (Phi) is 6.60. The van der Waals surface area contributed by atoms with E-state index < -0.39 is 0 Å². The summed E-state index contributed by atoms with van der Waals surface area (Å²) in [6.07, 6.45) is 4.48. The first kappa shape index (κ1) is 19.5. The molecule has 1 amide bonds. The van der Waals surface area contributed by atoms with Crippen LogP contribution in [0.3, 0.4) is 0 Å². The fourth-order valence-corrected chi connectivity index (χ4v) is 4.00. The van der Waals surface area contributed by atoms with Crippen LogP contribution < -0.4 is 14.8 Å². The summed E-state index contributed by atoms with van der Waals surface area (Å²) >= 11 is 1.46. The monoisotopic (exact) mass is 390 g/mol. The van der Waals surface area contributed by atoms with Gasteiger partial charge < -0.3 is 19.4 Å². The zero-order chi connectivity index (χ0) is 19.2. The van der Waals surface area contributed by atoms with Crippen molar-refractivity contribution in [2.24, 2.45) is 0 Å². The van der Waals surface area contributed by atoms with Gasteiger partial charge in [0, 0.05) is 19.5 Å². The molecule has 1 aromatic carbocycles. The van der Waals surface area contributed by atoms with Crippen LogP contribution in [0.25, 0.3) is 0 Å². The second kappa shape index (κ2) is 9.12. The Morgan fingerprint density at radius 1 is 1.22 bits per heavy atom. The number of nitrogens with zero attached hydrogens (tertiary/aromatic N) is 3. The van der Waals surface area contributed by atoms with Gasteiger partial charge >= 0.3 is 0 Å². The summed E-state index contributed by atoms with van der Waals surface area (Å²) in [5.74, 6) is 2.33. The second-order valence-corrected chi connectivity index (χ2v) is 7.84. The van der Waals surface area contributed by atoms with Crippen molar-refractivity contribution in [3.05, 3.63) is 29.6 Å². The summed E-state index contributed by atoms with van der Waals surface area (Å²) in [6, 6.07) is 5.62. The van der Waals surface area contributed by atoms with Crippen molar-refractivity contribution >= 4 is 17.7 Å². The number of ether oxygens (including phenoxy) is 2. The SMILES string of the molecule is COc1ccc(CNC(=O)[C@H](C)Sc2nnc3n2CCCCC3)cc1OC. The Hall–Kier alpha value is -2.22. The van der Waals surface area contributed by atoms with Gasteiger partial charge in [0.2, 0.25) is 5.91 Å². The zero-order valence-electron chi connectivity index (χ0n) is 16.0. The van der Waals surface area contributed by atoms with E-state index in [1.54, 1.807) is 14.2 Å². The number of aryl methyl sites for hydroxylation is 1. The van der Waals surface area contributed by atoms with Crippen molar-refractivity contribution in [3.63, 3.8) is 0 Å². The van der Waals surface area contributed by atoms with Crippen LogP contribution in [0.1, 0.15) is 37.6 Å². The summed E-state index contributed by atoms with van der Waals surface area (Å²) < 4.78 is 12.7. The molecule has 2 aromatic rings. The number of thioether (sulfide) groups is 1. The van der Waals surface area contributed by atoms with Crippen LogP contribution >= 0.6 is 11.8 Å². The number of carbonyl (C=O) groups is 1. The number of amides is 1. The maximum absolute atomic E-state index is 12.5. The van der Waals surface area contributed by atoms with Gasteiger partial charge in [0.1, 0.15) is 5.82 Å². The van der Waals surface area contributed by atoms with Crippen LogP contribution in [0.5, 0.6) is 11.5 Å². The van der Waals surface area contributed by atoms with Gasteiger partial charge in [-0.1, -0.05) is 24.2 Å². The van der Waals surface area contributed by atoms with Gasteiger partial charge in [-0.05, 0) is 37.5 Å². The predicted octanol–water partition coefficient (Wildman–Crippen LogP) is 2.82. The molecule has 0 aliphatic carbocycles. The molecular weight excluding hydrogens is 364 g/mol. The summed E-state index contributed by atoms with van der Waals surface area (Å²) in [4.78, 5) is 12.5. The molecule has 1 N–H and O–H groups in total. The van der Waals surface area contributed by atoms with Crippen LogP contribution in [-0.2, 0) is 24.3 Å². The molecule has 1 aromatic heterocycles. The minimum atomic E-state index is -0.248. The van der Waals surface area contributed by atoms with Gasteiger partial charge in [0.25, 0.3) is 0 Å². The van der Waals surface area contributed by atoms with E-state index >= 15 is 0 Å². The van der Waals surface area contributed by atoms with Crippen LogP contribution in [0.15, 0.2) is 23.4 Å². The minimum absolute atomic E-state index is 0.0271. The normalized spacial score (nSPS) is 14.8. The van der Waals surface area contributed by atoms with Crippen molar-refractivity contribution in [1.82, 2.24) is 20.1 Å². The Balaban J connectivity index is 1.58. The van der Waals surface area contributed by atoms with Crippen molar-refractivity contribution in [2.75, 3.05) is 14.2 Å². The second-order valence-electron chi connectivity index (χ2n) is 6.53. The molecule has 1 atom stereocenters. The topological polar surface area (TPSA) is 78.3 Å². The van der Waals surface area contributed by atoms with E-state index in [1.165, 1.54) is 18.2 Å². The van der Waals surface area contributed by atoms with E-state index in [0.29, 0.717) is 18.0 Å². The average Bonchev–Trinajstić information content (AvgIpc) is 2.91. The fraction of sp³-hybridized carbons (Fsp3) is 0.526. The molecule has 0 bridgehead atoms. The van der Waals surface area contributed by atoms with E-state index in [9.17, 15) is 4.79 Å². The molecule has 7 nitrogen and oxygen atoms in total. The number of aromatic nitrogens is 3. The molecule has 0 radical (unpaired) electrons. The number of methoxy groups -OCH3 is 2. The summed E-state index contributed by atoms with van der Waals surface area (Å²) in [5, 5.41) is 12.1. The van der Waals surface area contributed by atoms with Gasteiger partial charge in [-0.25, -0.2) is 0 Å². The van der Waals surface area contributed by atoms with Crippen molar-refractivity contribution in [1.29, 1.82) is 0 Å². The molecule has 0 saturated carbocycles. The van der Waals surface area contributed by atoms with E-state index in [0.717, 1.165) is 42.4 Å². The lowest BCUT2D eigenvalue weighted by molar-refractivity contribution is -0.120. The number of benzene rings is 1. The molecule has 27 heavy (non-hydrogen) atoms. The third kappa shape index (κ3) is 4.74. The molecule has 0 saturated heterocycles. The van der Waals surface area contributed by atoms with E-state index in [4.69, 9.17) is 9.47 Å². The number of fused-ring (bicyclic) bond motifs is 1. The Morgan fingerprint density at radius 2 is 2.04 bits per heavy atom. The predicted molar refractivity (Wildman–Crippen MR) is 104 cm³/mol. The van der Waals surface area contributed by atoms with Crippen LogP contribution in [0, 0.1) is 0 Å². The molecule has 1 aliphatic heterocycles. The van der Waals surface area contributed by atoms with Gasteiger partial charge in [-0.15, -0.1) is 10.2 Å². The molecule has 0 unspecified atom stereocenters. The standard InChI is InChI=1S/C19H26N4O3S/c1-13(27-19-22-21-17-7-5-4-6-10-23(17)19)18(24)20-12-14-8-9-15(25-2)16(11-14)26-3/h8-9,11,13H,4-7,10,12H2,1-3H3,(H,20,24)/t13-/m0/s1. The lowest BCUT2D eigenvalue weighted by atomic mass is 10.2. The highest BCUT2D eigenvalue weighted by molar-refractivity contribution is 8.00. The highest BCUT2D eigenvalue weighted by Gasteiger charge is 2.21. The Morgan fingerprint density at radius 3 is 2.81 bits per heavy atom. The maximum atomic E-state index is 12.5. The first-order valence-corrected chi connectivity index (χ1v) is 10.1. The zero-order valence-corrected chi connectivity index (χ0v) is 16.8. The lowest BCUT2D eigenvalue weighted by Crippen LogP contribution is -2.30. The van der Waals surface area contributed by atoms with Crippen molar-refractivity contribution < 1.29 is 14.3 Å². The van der Waals surface area contributed by atoms with E-state index in [-0.39, 0.29) is 11.2 Å². The number of hydrogen-bond donors (Lipinski definition) is 1. The molecule has 2 heterocycles. The van der Waals surface area contributed by atoms with Gasteiger partial charge in [-0.2, -0.15) is 0 Å². The summed E-state index contributed by atoms with van der Waals surface area (Å²) in [5.41, 5.74) is 0.953. The molecular formula is C19H26N4O3S. The number of carbonyl (C=O) groups excluding carboxylic acids is 1. The summed E-state index contributed by atoms with van der Waals surface area (Å²) in [6.45, 7) is 3.26. The average molecular weight is 391 g/mol. The number of nitrogens with one attached hydrogen (secondary N) is 1. The van der Waals surface area contributed by atoms with Gasteiger partial charge in [0.15, 0.2) is 16.7 Å². The Bertz CT molecular complexity index is 793. The van der Waals surface area contributed by atoms with Gasteiger partial charge in [0.05, 0.1) is 19.5 Å². The van der Waals surface area contributed by atoms with Crippen LogP contribution in [0.2, 0.25) is 0 Å². The molecule has 146 valence electrons. The smallest absolute Gasteiger partial charge is 0.233 e. The largest absolute Gasteiger partial charge is 0.493 e. The maximum Gasteiger partial charge on any atom is 0.233 e. The molecule has 0 fully saturated rings. The number of rotatable bonds is 7. The van der Waals surface area contributed by atoms with Crippen LogP contribution in [-0.4, -0.2) is 40.1 Å². The van der Waals surface area contributed by atoms with Gasteiger partial charge in [-0.3, -0.25) is 4.79 Å². The quantitative estimate of drug-likeness (QED) is 0.733. The van der Waals surface area contributed by atoms with Crippen molar-refractivity contribution in [3.8, 4) is 11.5 Å². The highest BCUT2D eigenvalue weighted by Crippen LogP contribution is 2.28. The third-order valence-corrected chi connectivity index (χ3v) is 5.72. The first-order valence-electron chi connectivity index (χ1n) is 9.19. The molecule has 1 aliphatic rings. The third-order valence-electron chi connectivity index (χ3n) is 4.64. The molecule has 0 spiro atoms. The van der Waals surface area contributed by atoms with Crippen LogP contribution in [0.4, 0.5) is 0 Å². The molecule has 8 heteroatoms. The van der Waals surface area contributed by atoms with E-state index in [1.807, 2.05) is 25.1 Å². The summed E-state index contributed by atoms with van der Waals surface area (Å²) in [7, 11) is 3.20. The minimum Gasteiger partial charge on any atom is -0.493 e.